The van der Waals surface area contributed by atoms with Gasteiger partial charge in [0.15, 0.2) is 0 Å². The predicted octanol–water partition coefficient (Wildman–Crippen LogP) is -0.846. The van der Waals surface area contributed by atoms with Gasteiger partial charge in [-0.15, -0.1) is 0 Å². The lowest BCUT2D eigenvalue weighted by atomic mass is 11.8. The molecule has 76 valence electrons. The molecule has 0 rings (SSSR count). The highest BCUT2D eigenvalue weighted by Gasteiger charge is 0.839. The van der Waals surface area contributed by atoms with E-state index in [-0.39, 0.29) is 18.4 Å². The van der Waals surface area contributed by atoms with Gasteiger partial charge >= 0.3 is 0 Å². The molecule has 0 amide bonds. The summed E-state index contributed by atoms with van der Waals surface area (Å²) in [6.45, 7) is 0. The van der Waals surface area contributed by atoms with Gasteiger partial charge in [-0.1, -0.05) is 7.43 Å². The zero-order chi connectivity index (χ0) is 8.71. The number of aliphatic hydroxyl groups excluding tert-OH is 1. The van der Waals surface area contributed by atoms with Gasteiger partial charge in [-0.3, -0.25) is 15.1 Å². The smallest absolute Gasteiger partial charge is 0.140 e. The minimum absolute atomic E-state index is 0. The Kier molecular flexibility index (Phi) is 11700. The minimum atomic E-state index is -0.583. The molecule has 8 nitrogen and oxygen atoms in total. The van der Waals surface area contributed by atoms with Gasteiger partial charge in [0.2, 0.25) is 0 Å². The van der Waals surface area contributed by atoms with Crippen LogP contribution < -0.4 is 0 Å². The molecule has 0 aromatic carbocycles. The van der Waals surface area contributed by atoms with Crippen LogP contribution in [-0.2, 0) is 4.57 Å². The first-order chi connectivity index (χ1) is 4.41. The maximum atomic E-state index is 8.57. The molecule has 0 aliphatic rings. The van der Waals surface area contributed by atoms with Crippen molar-refractivity contribution in [1.29, 1.82) is 1.28 Å². The molecule has 0 atom stereocenters. The van der Waals surface area contributed by atoms with E-state index in [0.717, 1.165) is 7.11 Å². The Bertz CT molecular complexity index is 31.0. The van der Waals surface area contributed by atoms with Crippen LogP contribution in [0.5, 0.6) is 0 Å². The monoisotopic (exact) mass is 199 g/mol. The largest absolute Gasteiger partial charge is 0.412 e. The summed E-state index contributed by atoms with van der Waals surface area (Å²) in [7, 11) is 0.417. The van der Waals surface area contributed by atoms with Crippen molar-refractivity contribution in [2.75, 3.05) is 7.11 Å². The fourth-order valence-corrected chi connectivity index (χ4v) is 0. The van der Waals surface area contributed by atoms with Crippen LogP contribution in [0.3, 0.4) is 0 Å². The topological polar surface area (TPSA) is 175 Å². The van der Waals surface area contributed by atoms with Crippen molar-refractivity contribution in [3.05, 3.63) is 9.93 Å². The number of rotatable bonds is 0. The molecule has 11 heavy (non-hydrogen) atoms. The Labute approximate surface area is 67.2 Å². The van der Waals surface area contributed by atoms with Crippen molar-refractivity contribution in [1.82, 2.24) is 0 Å². The molecule has 0 heterocycles. The molecule has 0 spiro atoms. The lowest BCUT2D eigenvalue weighted by molar-refractivity contribution is -0.176. The van der Waals surface area contributed by atoms with Crippen molar-refractivity contribution in [2.24, 2.45) is 0 Å². The van der Waals surface area contributed by atoms with E-state index in [9.17, 15) is 0 Å². The third-order valence-corrected chi connectivity index (χ3v) is 0. The van der Waals surface area contributed by atoms with Crippen LogP contribution in [0.2, 0.25) is 0 Å². The molecule has 0 aromatic rings. The van der Waals surface area contributed by atoms with Crippen molar-refractivity contribution < 1.29 is 31.1 Å². The summed E-state index contributed by atoms with van der Waals surface area (Å²) in [6.07, 6.45) is 0. The number of hydrogen-bond donors (Lipinski definition) is 3. The first-order valence-corrected chi connectivity index (χ1v) is 1.36. The summed E-state index contributed by atoms with van der Waals surface area (Å²) >= 11 is 0. The summed E-state index contributed by atoms with van der Waals surface area (Å²) in [4.78, 5) is 14.0. The van der Waals surface area contributed by atoms with E-state index < -0.39 is 9.06 Å². The van der Waals surface area contributed by atoms with Gasteiger partial charge in [0, 0.05) is 17.0 Å². The molecule has 9 heteroatoms. The van der Waals surface area contributed by atoms with Crippen LogP contribution in [-0.4, -0.2) is 35.0 Å². The molecule has 0 aromatic heterocycles. The average molecular weight is 199 g/mol. The molecular weight excluding hydrogens is 183 g/mol. The van der Waals surface area contributed by atoms with E-state index in [1.807, 2.05) is 0 Å². The minimum Gasteiger partial charge on any atom is -0.412 e. The van der Waals surface area contributed by atoms with E-state index >= 15 is 0 Å². The Morgan fingerprint density at radius 3 is 1.18 bits per heavy atom. The second-order valence-electron chi connectivity index (χ2n) is 0. The summed E-state index contributed by atoms with van der Waals surface area (Å²) in [6, 6.07) is 0. The van der Waals surface area contributed by atoms with E-state index in [0.29, 0.717) is 0 Å². The van der Waals surface area contributed by atoms with Gasteiger partial charge in [0.25, 0.3) is 0 Å². The zero-order valence-electron chi connectivity index (χ0n) is 6.01. The number of aliphatic hydroxyl groups is 1. The second kappa shape index (κ2) is 2750. The van der Waals surface area contributed by atoms with E-state index in [2.05, 4.69) is 0 Å². The van der Waals surface area contributed by atoms with Crippen LogP contribution in [0.4, 0.5) is 0 Å². The maximum absolute atomic E-state index is 8.57. The van der Waals surface area contributed by atoms with Crippen LogP contribution in [0.1, 0.15) is 7.43 Å². The molecule has 0 aliphatic heterocycles. The zero-order valence-corrected chi connectivity index (χ0v) is 5.91. The molecule has 0 radical (unpaired) electrons. The van der Waals surface area contributed by atoms with Gasteiger partial charge < -0.3 is 16.1 Å². The molecule has 0 fully saturated rings. The third-order valence-electron chi connectivity index (χ3n) is 0. The molecule has 0 unspecified atom stereocenters. The van der Waals surface area contributed by atoms with Gasteiger partial charge in [-0.05, 0) is 0 Å². The van der Waals surface area contributed by atoms with E-state index in [1.165, 1.54) is 0 Å². The third kappa shape index (κ3) is 2140. The molecular formula is C2H15O8P. The molecule has 0 saturated heterocycles. The summed E-state index contributed by atoms with van der Waals surface area (Å²) in [5.74, 6) is 0. The van der Waals surface area contributed by atoms with Crippen LogP contribution >= 0.6 is 9.06 Å². The summed E-state index contributed by atoms with van der Waals surface area (Å²) in [5.41, 5.74) is 0. The highest BCUT2D eigenvalue weighted by Crippen LogP contribution is 1.23. The normalized spacial score (nSPS) is 3.45. The molecule has 0 aliphatic carbocycles. The highest BCUT2D eigenvalue weighted by atomic mass is 31.0. The maximum Gasteiger partial charge on any atom is 0.140 e. The molecule has 0 saturated carbocycles. The van der Waals surface area contributed by atoms with Crippen LogP contribution in [0.15, 0.2) is 0 Å². The Hall–Kier alpha value is -0.500. The first-order valence-electron chi connectivity index (χ1n) is 1.44. The van der Waals surface area contributed by atoms with E-state index in [1.54, 1.807) is 0 Å². The quantitative estimate of drug-likeness (QED) is 0.260. The van der Waals surface area contributed by atoms with Gasteiger partial charge in [0.1, 0.15) is 10.3 Å². The summed E-state index contributed by atoms with van der Waals surface area (Å²) in [5, 5.41) is 19.0. The average Bonchev–Trinajstić information content (AvgIpc) is 2.01. The lowest BCUT2D eigenvalue weighted by Crippen LogP contribution is -1.29. The highest BCUT2D eigenvalue weighted by molar-refractivity contribution is 7.00. The van der Waals surface area contributed by atoms with Gasteiger partial charge in [-0.2, -0.15) is 0 Å². The molecule has 0 bridgehead atoms. The summed E-state index contributed by atoms with van der Waals surface area (Å²) < 4.78 is 14.2. The first kappa shape index (κ1) is 46.8. The van der Waals surface area contributed by atoms with Crippen LogP contribution in [0.25, 0.3) is 0 Å². The molecule has 7 N–H and O–H groups in total. The van der Waals surface area contributed by atoms with Gasteiger partial charge in [-0.25, -0.2) is 0 Å². The van der Waals surface area contributed by atoms with Gasteiger partial charge in [0.05, 0.1) is 0 Å². The Morgan fingerprint density at radius 2 is 1.18 bits per heavy atom. The number of hydrogen-bond acceptors (Lipinski definition) is 6. The Balaban J connectivity index is -0.00000000522. The fraction of sp³-hybridized carbons (Fsp3) is 1.00. The lowest BCUT2D eigenvalue weighted by Gasteiger charge is -1.25. The second-order valence-corrected chi connectivity index (χ2v) is 0. The van der Waals surface area contributed by atoms with Crippen molar-refractivity contribution >= 4 is 9.06 Å². The standard InChI is InChI=1S/CH4O.CH4.H2O2.O2.HOP.2H2O/c1-2;;3*1-2;;/h2H,1H3;1H4;1-2H;;2H;2*1H2/i;;;;2D;;. The van der Waals surface area contributed by atoms with E-state index in [4.69, 9.17) is 31.4 Å². The predicted molar refractivity (Wildman–Crippen MR) is 43.1 cm³/mol. The SMILES string of the molecule is C.CO.O.O.O=O.OO.[2H]P=O. The van der Waals surface area contributed by atoms with Crippen molar-refractivity contribution in [3.63, 3.8) is 0 Å². The van der Waals surface area contributed by atoms with Crippen molar-refractivity contribution in [2.45, 2.75) is 7.43 Å². The fourth-order valence-electron chi connectivity index (χ4n) is 0. The van der Waals surface area contributed by atoms with Crippen molar-refractivity contribution in [3.8, 4) is 0 Å². The van der Waals surface area contributed by atoms with Crippen LogP contribution in [0, 0.1) is 9.93 Å². The Morgan fingerprint density at radius 1 is 1.18 bits per heavy atom.